The van der Waals surface area contributed by atoms with Crippen LogP contribution in [0.25, 0.3) is 0 Å². The van der Waals surface area contributed by atoms with Crippen molar-refractivity contribution in [1.29, 1.82) is 0 Å². The van der Waals surface area contributed by atoms with Crippen molar-refractivity contribution in [1.82, 2.24) is 19.0 Å². The maximum Gasteiger partial charge on any atom is 0.243 e. The number of allylic oxidation sites excluding steroid dienone is 4. The molecule has 0 aliphatic carbocycles. The van der Waals surface area contributed by atoms with Gasteiger partial charge < -0.3 is 24.0 Å². The third kappa shape index (κ3) is 14.2. The predicted octanol–water partition coefficient (Wildman–Crippen LogP) is 3.19. The number of methoxy groups -OCH3 is 2. The summed E-state index contributed by atoms with van der Waals surface area (Å²) < 4.78 is 42.1. The lowest BCUT2D eigenvalue weighted by Crippen LogP contribution is -2.47. The molecule has 0 aromatic carbocycles. The van der Waals surface area contributed by atoms with Crippen molar-refractivity contribution in [3.8, 4) is 0 Å². The molecule has 0 spiro atoms. The molecule has 2 rings (SSSR count). The Bertz CT molecular complexity index is 880. The summed E-state index contributed by atoms with van der Waals surface area (Å²) in [6, 6.07) is 0. The van der Waals surface area contributed by atoms with Crippen LogP contribution in [0.1, 0.15) is 48.5 Å². The van der Waals surface area contributed by atoms with E-state index in [9.17, 15) is 13.2 Å². The smallest absolute Gasteiger partial charge is 0.243 e. The van der Waals surface area contributed by atoms with Gasteiger partial charge in [-0.3, -0.25) is 9.69 Å². The summed E-state index contributed by atoms with van der Waals surface area (Å²) in [5, 5.41) is 0. The van der Waals surface area contributed by atoms with Gasteiger partial charge in [0.2, 0.25) is 16.4 Å². The molecule has 2 saturated heterocycles. The number of carbonyl (C=O) groups excluding carboxylic acids is 1. The normalized spacial score (nSPS) is 17.4. The number of piperazine rings is 1. The van der Waals surface area contributed by atoms with Crippen LogP contribution in [0.15, 0.2) is 34.0 Å². The van der Waals surface area contributed by atoms with Gasteiger partial charge in [0.1, 0.15) is 5.76 Å². The van der Waals surface area contributed by atoms with Crippen molar-refractivity contribution >= 4 is 16.4 Å². The Morgan fingerprint density at radius 2 is 1.50 bits per heavy atom. The summed E-state index contributed by atoms with van der Waals surface area (Å²) in [4.78, 5) is 17.6. The molecule has 11 heteroatoms. The number of sulfonamides is 1. The summed E-state index contributed by atoms with van der Waals surface area (Å²) in [5.74, 6) is 0.642. The fourth-order valence-corrected chi connectivity index (χ4v) is 6.10. The molecule has 0 atom stereocenters. The van der Waals surface area contributed by atoms with Crippen molar-refractivity contribution < 1.29 is 27.4 Å². The van der Waals surface area contributed by atoms with Crippen LogP contribution in [0.5, 0.6) is 0 Å². The summed E-state index contributed by atoms with van der Waals surface area (Å²) in [5.41, 5.74) is 1.44. The van der Waals surface area contributed by atoms with Crippen LogP contribution in [0.3, 0.4) is 0 Å². The molecule has 0 unspecified atom stereocenters. The SMILES string of the molecule is C/C=C(\C=C(\C)C(=C(C)C)S(=O)(=O)N1CCOCC1)OC.CCN(CC)CCN1CCN(C=O)CC1.CCOC. The highest BCUT2D eigenvalue weighted by molar-refractivity contribution is 7.93. The topological polar surface area (TPSA) is 91.9 Å². The van der Waals surface area contributed by atoms with Crippen LogP contribution in [-0.2, 0) is 29.0 Å². The Kier molecular flexibility index (Phi) is 21.0. The highest BCUT2D eigenvalue weighted by Gasteiger charge is 2.30. The van der Waals surface area contributed by atoms with Gasteiger partial charge in [0, 0.05) is 66.1 Å². The van der Waals surface area contributed by atoms with E-state index in [1.165, 1.54) is 4.31 Å². The molecule has 2 aliphatic heterocycles. The van der Waals surface area contributed by atoms with E-state index >= 15 is 0 Å². The van der Waals surface area contributed by atoms with Gasteiger partial charge in [-0.05, 0) is 65.4 Å². The monoisotopic (exact) mass is 588 g/mol. The van der Waals surface area contributed by atoms with Crippen molar-refractivity contribution in [3.05, 3.63) is 34.0 Å². The van der Waals surface area contributed by atoms with E-state index in [1.54, 1.807) is 33.3 Å². The molecule has 10 nitrogen and oxygen atoms in total. The molecule has 0 N–H and O–H groups in total. The highest BCUT2D eigenvalue weighted by Crippen LogP contribution is 2.26. The maximum absolute atomic E-state index is 12.8. The van der Waals surface area contributed by atoms with E-state index < -0.39 is 10.0 Å². The number of amides is 1. The van der Waals surface area contributed by atoms with Gasteiger partial charge in [0.15, 0.2) is 0 Å². The molecular formula is C29H56N4O6S. The number of ether oxygens (including phenoxy) is 3. The lowest BCUT2D eigenvalue weighted by molar-refractivity contribution is -0.119. The van der Waals surface area contributed by atoms with E-state index in [0.29, 0.717) is 42.5 Å². The van der Waals surface area contributed by atoms with Crippen LogP contribution in [0, 0.1) is 0 Å². The van der Waals surface area contributed by atoms with Gasteiger partial charge in [-0.1, -0.05) is 19.4 Å². The lowest BCUT2D eigenvalue weighted by Gasteiger charge is -2.33. The van der Waals surface area contributed by atoms with Crippen LogP contribution < -0.4 is 0 Å². The summed E-state index contributed by atoms with van der Waals surface area (Å²) in [7, 11) is -0.255. The molecular weight excluding hydrogens is 532 g/mol. The van der Waals surface area contributed by atoms with Crippen molar-refractivity contribution in [2.75, 3.05) is 99.5 Å². The van der Waals surface area contributed by atoms with E-state index in [4.69, 9.17) is 9.47 Å². The van der Waals surface area contributed by atoms with E-state index in [2.05, 4.69) is 28.4 Å². The zero-order valence-corrected chi connectivity index (χ0v) is 27.4. The Labute approximate surface area is 244 Å². The second kappa shape index (κ2) is 21.9. The molecule has 0 aromatic heterocycles. The fourth-order valence-electron chi connectivity index (χ4n) is 4.23. The van der Waals surface area contributed by atoms with Gasteiger partial charge in [0.25, 0.3) is 0 Å². The number of likely N-dealkylation sites (N-methyl/N-ethyl adjacent to an activating group) is 1. The summed E-state index contributed by atoms with van der Waals surface area (Å²) >= 11 is 0. The minimum absolute atomic E-state index is 0.362. The van der Waals surface area contributed by atoms with Gasteiger partial charge in [-0.15, -0.1) is 0 Å². The molecule has 0 radical (unpaired) electrons. The van der Waals surface area contributed by atoms with Crippen molar-refractivity contribution in [2.24, 2.45) is 0 Å². The second-order valence-electron chi connectivity index (χ2n) is 9.66. The highest BCUT2D eigenvalue weighted by atomic mass is 32.2. The van der Waals surface area contributed by atoms with Gasteiger partial charge in [-0.25, -0.2) is 8.42 Å². The maximum atomic E-state index is 12.8. The number of morpholine rings is 1. The quantitative estimate of drug-likeness (QED) is 0.195. The number of carbonyl (C=O) groups is 1. The summed E-state index contributed by atoms with van der Waals surface area (Å²) in [6.07, 6.45) is 4.51. The molecule has 234 valence electrons. The molecule has 0 saturated carbocycles. The van der Waals surface area contributed by atoms with E-state index in [1.807, 2.05) is 32.6 Å². The average molecular weight is 589 g/mol. The zero-order chi connectivity index (χ0) is 30.6. The minimum atomic E-state index is -3.50. The fraction of sp³-hybridized carbons (Fsp3) is 0.759. The summed E-state index contributed by atoms with van der Waals surface area (Å²) in [6.45, 7) is 24.5. The van der Waals surface area contributed by atoms with Crippen molar-refractivity contribution in [2.45, 2.75) is 48.5 Å². The van der Waals surface area contributed by atoms with Gasteiger partial charge in [0.05, 0.1) is 25.2 Å². The molecule has 2 heterocycles. The first-order chi connectivity index (χ1) is 19.0. The lowest BCUT2D eigenvalue weighted by atomic mass is 10.2. The first-order valence-electron chi connectivity index (χ1n) is 14.3. The molecule has 2 aliphatic rings. The Morgan fingerprint density at radius 3 is 1.90 bits per heavy atom. The molecule has 40 heavy (non-hydrogen) atoms. The number of hydrogen-bond acceptors (Lipinski definition) is 8. The van der Waals surface area contributed by atoms with Crippen LogP contribution >= 0.6 is 0 Å². The first-order valence-corrected chi connectivity index (χ1v) is 15.8. The van der Waals surface area contributed by atoms with Crippen molar-refractivity contribution in [3.63, 3.8) is 0 Å². The van der Waals surface area contributed by atoms with Gasteiger partial charge in [-0.2, -0.15) is 4.31 Å². The number of nitrogens with zero attached hydrogens (tertiary/aromatic N) is 4. The Morgan fingerprint density at radius 1 is 0.950 bits per heavy atom. The predicted molar refractivity (Wildman–Crippen MR) is 164 cm³/mol. The Hall–Kier alpha value is -1.76. The molecule has 0 aromatic rings. The molecule has 2 fully saturated rings. The number of rotatable bonds is 12. The largest absolute Gasteiger partial charge is 0.497 e. The Balaban J connectivity index is 0.000000698. The van der Waals surface area contributed by atoms with Crippen LogP contribution in [0.2, 0.25) is 0 Å². The van der Waals surface area contributed by atoms with Crippen LogP contribution in [0.4, 0.5) is 0 Å². The first kappa shape index (κ1) is 38.2. The minimum Gasteiger partial charge on any atom is -0.497 e. The third-order valence-electron chi connectivity index (χ3n) is 6.73. The van der Waals surface area contributed by atoms with E-state index in [0.717, 1.165) is 70.9 Å². The zero-order valence-electron chi connectivity index (χ0n) is 26.6. The second-order valence-corrected chi connectivity index (χ2v) is 11.5. The average Bonchev–Trinajstić information content (AvgIpc) is 2.97. The third-order valence-corrected chi connectivity index (χ3v) is 9.02. The number of hydrogen-bond donors (Lipinski definition) is 0. The molecule has 0 bridgehead atoms. The van der Waals surface area contributed by atoms with Crippen LogP contribution in [-0.4, -0.2) is 133 Å². The van der Waals surface area contributed by atoms with Gasteiger partial charge >= 0.3 is 0 Å². The standard InChI is InChI=1S/C15H25NO4S.C11H23N3O.C3H8O/c1-6-14(19-5)11-13(4)15(12(2)3)21(17,18)16-7-9-20-10-8-16;1-3-12(4-2)5-6-13-7-9-14(11-15)10-8-13;1-3-4-2/h6,11H,7-10H2,1-5H3;11H,3-10H2,1-2H3;3H2,1-2H3/b13-11-,14-6+;;. The molecule has 1 amide bonds. The van der Waals surface area contributed by atoms with E-state index in [-0.39, 0.29) is 0 Å².